The number of rotatable bonds is 12. The van der Waals surface area contributed by atoms with Gasteiger partial charge in [-0.05, 0) is 38.7 Å². The fourth-order valence-electron chi connectivity index (χ4n) is 11.9. The second-order valence-corrected chi connectivity index (χ2v) is 24.0. The molecule has 0 saturated carbocycles. The highest BCUT2D eigenvalue weighted by molar-refractivity contribution is 8.00. The zero-order valence-corrected chi connectivity index (χ0v) is 46.8. The molecule has 2 aromatic carbocycles. The molecule has 19 nitrogen and oxygen atoms in total. The van der Waals surface area contributed by atoms with E-state index in [4.69, 9.17) is 28.9 Å². The van der Waals surface area contributed by atoms with Crippen LogP contribution < -0.4 is 31.4 Å². The van der Waals surface area contributed by atoms with Crippen LogP contribution in [0.4, 0.5) is 10.5 Å². The molecular formula is C57H78N6O13S. The monoisotopic (exact) mass is 1090 g/mol. The first-order chi connectivity index (χ1) is 36.5. The molecule has 20 heteroatoms. The minimum atomic E-state index is -1.98. The van der Waals surface area contributed by atoms with Gasteiger partial charge in [0.25, 0.3) is 11.7 Å². The Morgan fingerprint density at radius 2 is 1.61 bits per heavy atom. The van der Waals surface area contributed by atoms with Crippen LogP contribution >= 0.6 is 11.8 Å². The molecule has 7 heterocycles. The number of anilines is 1. The number of thioether (sulfide) groups is 1. The zero-order chi connectivity index (χ0) is 55.8. The van der Waals surface area contributed by atoms with Crippen molar-refractivity contribution in [3.63, 3.8) is 0 Å². The lowest BCUT2D eigenvalue weighted by atomic mass is 9.78. The summed E-state index contributed by atoms with van der Waals surface area (Å²) >= 11 is 1.82. The van der Waals surface area contributed by atoms with Gasteiger partial charge in [0.05, 0.1) is 59.4 Å². The number of piperidine rings is 1. The van der Waals surface area contributed by atoms with Crippen LogP contribution in [0.2, 0.25) is 0 Å². The number of Topliss-reactive ketones (excluding diaryl/α,β-unsaturated/α-hetero) is 2. The first kappa shape index (κ1) is 57.6. The normalized spacial score (nSPS) is 32.8. The van der Waals surface area contributed by atoms with Crippen molar-refractivity contribution >= 4 is 57.7 Å². The summed E-state index contributed by atoms with van der Waals surface area (Å²) in [6.07, 6.45) is 6.99. The van der Waals surface area contributed by atoms with Gasteiger partial charge in [-0.3, -0.25) is 29.2 Å². The van der Waals surface area contributed by atoms with E-state index in [1.165, 1.54) is 26.4 Å². The van der Waals surface area contributed by atoms with Crippen LogP contribution in [0.1, 0.15) is 123 Å². The molecule has 7 aliphatic heterocycles. The molecule has 0 aliphatic carbocycles. The Kier molecular flexibility index (Phi) is 17.5. The van der Waals surface area contributed by atoms with Crippen LogP contribution in [0, 0.1) is 36.5 Å². The molecule has 3 fully saturated rings. The molecule has 1 spiro atoms. The maximum Gasteiger partial charge on any atom is 0.315 e. The second-order valence-electron chi connectivity index (χ2n) is 22.7. The number of phenolic OH excluding ortho intramolecular Hbond substituents is 2. The topological polar surface area (TPSA) is 267 Å². The van der Waals surface area contributed by atoms with Crippen molar-refractivity contribution in [2.45, 2.75) is 167 Å². The Labute approximate surface area is 454 Å². The van der Waals surface area contributed by atoms with E-state index in [1.807, 2.05) is 11.8 Å². The number of carbonyl (C=O) groups excluding carboxylic acids is 5. The lowest BCUT2D eigenvalue weighted by Gasteiger charge is -2.37. The van der Waals surface area contributed by atoms with Crippen LogP contribution in [0.5, 0.6) is 17.2 Å². The number of nitrogens with zero attached hydrogens (tertiary/aromatic N) is 3. The molecule has 3 unspecified atom stereocenters. The third-order valence-corrected chi connectivity index (χ3v) is 18.1. The van der Waals surface area contributed by atoms with E-state index in [2.05, 4.69) is 34.7 Å². The van der Waals surface area contributed by atoms with E-state index in [0.717, 1.165) is 25.1 Å². The number of ether oxygens (including phenoxy) is 4. The molecule has 3 amide bonds. The number of fused-ring (bicyclic) bond motifs is 14. The highest BCUT2D eigenvalue weighted by Gasteiger charge is 2.50. The number of carbonyl (C=O) groups is 5. The molecule has 9 rings (SSSR count). The van der Waals surface area contributed by atoms with Crippen LogP contribution in [0.25, 0.3) is 10.8 Å². The van der Waals surface area contributed by atoms with Gasteiger partial charge in [0.2, 0.25) is 0 Å². The predicted molar refractivity (Wildman–Crippen MR) is 290 cm³/mol. The molecule has 5 bridgehead atoms. The highest BCUT2D eigenvalue weighted by Crippen LogP contribution is 2.50. The lowest BCUT2D eigenvalue weighted by molar-refractivity contribution is -0.159. The Hall–Kier alpha value is -5.54. The highest BCUT2D eigenvalue weighted by atomic mass is 32.2. The Morgan fingerprint density at radius 3 is 2.31 bits per heavy atom. The van der Waals surface area contributed by atoms with Gasteiger partial charge in [-0.1, -0.05) is 66.2 Å². The summed E-state index contributed by atoms with van der Waals surface area (Å²) in [5.41, 5.74) is -0.718. The number of hydrogen-bond acceptors (Lipinski definition) is 17. The van der Waals surface area contributed by atoms with Crippen LogP contribution in [0.15, 0.2) is 46.1 Å². The number of esters is 1. The number of amides is 3. The second kappa shape index (κ2) is 23.4. The number of nitrogens with one attached hydrogen (secondary N) is 3. The summed E-state index contributed by atoms with van der Waals surface area (Å²) in [4.78, 5) is 80.2. The smallest absolute Gasteiger partial charge is 0.315 e. The van der Waals surface area contributed by atoms with Gasteiger partial charge < -0.3 is 60.2 Å². The average molecular weight is 1090 g/mol. The maximum absolute atomic E-state index is 14.8. The molecule has 12 atom stereocenters. The van der Waals surface area contributed by atoms with Gasteiger partial charge in [0, 0.05) is 111 Å². The SMILES string of the molecule is CO[C@H]1/C=C/O[C@@]2(C)Oc3c(C)c(O)c4c(O)c(c5c(c4c3C2=O)=NC2(CCN(CC(C)C)CC2)N=5)NC(=O)/C(C)=C\C=C\[C@H](C)[C@H](OC(=O)CCC(=O)CCCCC2SCC3NC(=O)NC32)[C@@H](C)[C@@H](O)[C@@H](C)[C@H](O)[C@@H]1C. The van der Waals surface area contributed by atoms with E-state index < -0.39 is 88.7 Å². The molecule has 420 valence electrons. The number of allylic oxidation sites excluding steroid dienone is 2. The number of hydrogen-bond donors (Lipinski definition) is 7. The number of urea groups is 1. The van der Waals surface area contributed by atoms with E-state index in [1.54, 1.807) is 59.8 Å². The van der Waals surface area contributed by atoms with Crippen molar-refractivity contribution in [2.75, 3.05) is 37.8 Å². The Morgan fingerprint density at radius 1 is 0.909 bits per heavy atom. The van der Waals surface area contributed by atoms with E-state index in [-0.39, 0.29) is 91.6 Å². The number of aromatic hydroxyl groups is 2. The largest absolute Gasteiger partial charge is 0.507 e. The summed E-state index contributed by atoms with van der Waals surface area (Å²) in [5.74, 6) is -6.29. The van der Waals surface area contributed by atoms with Crippen molar-refractivity contribution < 1.29 is 63.3 Å². The number of methoxy groups -OCH3 is 1. The van der Waals surface area contributed by atoms with Crippen molar-refractivity contribution in [1.82, 2.24) is 15.5 Å². The van der Waals surface area contributed by atoms with E-state index in [0.29, 0.717) is 44.7 Å². The first-order valence-electron chi connectivity index (χ1n) is 27.3. The van der Waals surface area contributed by atoms with Gasteiger partial charge in [0.15, 0.2) is 11.4 Å². The number of aliphatic hydroxyl groups excluding tert-OH is 2. The summed E-state index contributed by atoms with van der Waals surface area (Å²) in [7, 11) is 1.45. The van der Waals surface area contributed by atoms with Crippen molar-refractivity contribution in [3.05, 3.63) is 58.0 Å². The fraction of sp³-hybridized carbons (Fsp3) is 0.632. The third kappa shape index (κ3) is 11.8. The summed E-state index contributed by atoms with van der Waals surface area (Å²) in [6, 6.07) is 0.0813. The molecule has 0 radical (unpaired) electrons. The first-order valence-corrected chi connectivity index (χ1v) is 28.3. The van der Waals surface area contributed by atoms with Crippen LogP contribution in [0.3, 0.4) is 0 Å². The van der Waals surface area contributed by atoms with Crippen molar-refractivity contribution in [2.24, 2.45) is 39.6 Å². The zero-order valence-electron chi connectivity index (χ0n) is 46.0. The summed E-state index contributed by atoms with van der Waals surface area (Å²) < 4.78 is 24.4. The predicted octanol–water partition coefficient (Wildman–Crippen LogP) is 5.80. The average Bonchev–Trinajstić information content (AvgIpc) is 4.14. The fourth-order valence-corrected chi connectivity index (χ4v) is 13.4. The van der Waals surface area contributed by atoms with E-state index >= 15 is 0 Å². The molecule has 7 aliphatic rings. The number of benzene rings is 2. The molecule has 2 aromatic rings. The minimum absolute atomic E-state index is 0.0226. The van der Waals surface area contributed by atoms with Crippen molar-refractivity contribution in [1.29, 1.82) is 0 Å². The molecular weight excluding hydrogens is 1010 g/mol. The molecule has 77 heavy (non-hydrogen) atoms. The quantitative estimate of drug-likeness (QED) is 0.0573. The van der Waals surface area contributed by atoms with Gasteiger partial charge in [-0.2, -0.15) is 11.8 Å². The Bertz CT molecular complexity index is 2860. The number of ketones is 2. The van der Waals surface area contributed by atoms with Gasteiger partial charge >= 0.3 is 17.8 Å². The molecule has 7 N–H and O–H groups in total. The molecule has 3 saturated heterocycles. The van der Waals surface area contributed by atoms with Crippen LogP contribution in [-0.4, -0.2) is 140 Å². The van der Waals surface area contributed by atoms with Gasteiger partial charge in [-0.25, -0.2) is 4.79 Å². The van der Waals surface area contributed by atoms with Crippen LogP contribution in [-0.2, 0) is 28.6 Å². The van der Waals surface area contributed by atoms with E-state index in [9.17, 15) is 44.4 Å². The Balaban J connectivity index is 1.09. The minimum Gasteiger partial charge on any atom is -0.507 e. The van der Waals surface area contributed by atoms with Gasteiger partial charge in [0.1, 0.15) is 34.4 Å². The number of likely N-dealkylation sites (tertiary alicyclic amines) is 1. The number of phenols is 2. The standard InChI is InChI=1S/C57H78N6O13S/c1-28(2)26-63-23-21-57(22-24-63)61-44-40-41-49(68)34(8)52-42(40)53(70)56(9,76-52)74-25-20-37(73-10)31(5)47(66)32(6)48(67)33(7)51(29(3)14-13-15-30(4)54(71)59-46(50(41)69)45(44)62-57)75-39(65)19-18-35(64)16-11-12-17-38-43-36(27-77-38)58-55(72)60-43/h13-15,20,25,28-29,31-33,36-38,43,47-48,51,66-69H,11-12,16-19,21-24,26-27H2,1-10H3,(H,59,71)(H2,58,60,72)/b14-13+,25-20+,30-15-/t29-,31+,32-,33-,36?,37-,38?,43?,47+,48-,51-,56-/m0/s1. The van der Waals surface area contributed by atoms with Crippen molar-refractivity contribution in [3.8, 4) is 17.2 Å². The summed E-state index contributed by atoms with van der Waals surface area (Å²) in [6.45, 7) is 18.1. The summed E-state index contributed by atoms with van der Waals surface area (Å²) in [5, 5.41) is 57.5. The number of unbranched alkanes of at least 4 members (excludes halogenated alkanes) is 1. The third-order valence-electron chi connectivity index (χ3n) is 16.6. The number of aliphatic hydroxyl groups is 2. The van der Waals surface area contributed by atoms with Gasteiger partial charge in [-0.15, -0.1) is 0 Å². The lowest BCUT2D eigenvalue weighted by Crippen LogP contribution is -2.46. The maximum atomic E-state index is 14.8. The molecule has 0 aromatic heterocycles.